The maximum atomic E-state index is 14.4. The summed E-state index contributed by atoms with van der Waals surface area (Å²) in [6.07, 6.45) is 2.16. The Kier molecular flexibility index (Phi) is 6.46. The van der Waals surface area contributed by atoms with Gasteiger partial charge >= 0.3 is 12.2 Å². The zero-order valence-corrected chi connectivity index (χ0v) is 23.1. The quantitative estimate of drug-likeness (QED) is 0.317. The smallest absolute Gasteiger partial charge is 0.368 e. The first-order valence-electron chi connectivity index (χ1n) is 13.7. The second-order valence-corrected chi connectivity index (χ2v) is 10.5. The first-order valence-corrected chi connectivity index (χ1v) is 13.7. The van der Waals surface area contributed by atoms with Gasteiger partial charge in [0, 0.05) is 74.8 Å². The fourth-order valence-corrected chi connectivity index (χ4v) is 5.60. The maximum Gasteiger partial charge on any atom is 0.418 e. The number of hydrogen-bond donors (Lipinski definition) is 1. The number of fused-ring (bicyclic) bond motifs is 3. The highest BCUT2D eigenvalue weighted by atomic mass is 19.4. The summed E-state index contributed by atoms with van der Waals surface area (Å²) in [5.41, 5.74) is 2.73. The number of hydrogen-bond acceptors (Lipinski definition) is 7. The first-order chi connectivity index (χ1) is 20.8. The van der Waals surface area contributed by atoms with Gasteiger partial charge in [0.05, 0.1) is 34.7 Å². The minimum absolute atomic E-state index is 0.0989. The number of urea groups is 1. The first kappa shape index (κ1) is 26.8. The molecule has 0 aliphatic carbocycles. The summed E-state index contributed by atoms with van der Waals surface area (Å²) >= 11 is 0. The Bertz CT molecular complexity index is 1820. The van der Waals surface area contributed by atoms with Crippen LogP contribution in [-0.2, 0) is 12.7 Å². The number of carbonyl (C=O) groups excluding carboxylic acids is 1. The number of anilines is 3. The van der Waals surface area contributed by atoms with E-state index in [-0.39, 0.29) is 17.9 Å². The second-order valence-electron chi connectivity index (χ2n) is 10.5. The summed E-state index contributed by atoms with van der Waals surface area (Å²) in [7, 11) is 1.61. The molecule has 13 heteroatoms. The largest absolute Gasteiger partial charge is 0.418 e. The third kappa shape index (κ3) is 4.80. The maximum absolute atomic E-state index is 14.4. The van der Waals surface area contributed by atoms with Crippen molar-refractivity contribution in [2.24, 2.45) is 0 Å². The lowest BCUT2D eigenvalue weighted by molar-refractivity contribution is -0.137. The molecule has 7 rings (SSSR count). The molecule has 10 nitrogen and oxygen atoms in total. The van der Waals surface area contributed by atoms with Gasteiger partial charge in [-0.05, 0) is 48.5 Å². The van der Waals surface area contributed by atoms with Crippen LogP contribution in [0.5, 0.6) is 0 Å². The Morgan fingerprint density at radius 3 is 2.53 bits per heavy atom. The number of rotatable bonds is 4. The van der Waals surface area contributed by atoms with Crippen molar-refractivity contribution in [1.29, 1.82) is 0 Å². The minimum atomic E-state index is -4.62. The lowest BCUT2D eigenvalue weighted by Gasteiger charge is -2.36. The van der Waals surface area contributed by atoms with Crippen molar-refractivity contribution in [3.63, 3.8) is 0 Å². The molecule has 0 atom stereocenters. The molecular formula is C30H26F3N9O. The van der Waals surface area contributed by atoms with Gasteiger partial charge in [-0.3, -0.25) is 9.88 Å². The SMILES string of the molecule is CN1Cc2cnc3ccc(-c4ccc(-n5cccn5)nc4)nc3c2N(c2ccc(N3CCNCC3)c(C(F)(F)F)c2)C1=O. The van der Waals surface area contributed by atoms with E-state index in [1.54, 1.807) is 65.7 Å². The van der Waals surface area contributed by atoms with Crippen LogP contribution >= 0.6 is 0 Å². The highest BCUT2D eigenvalue weighted by Gasteiger charge is 2.38. The fraction of sp³-hybridized carbons (Fsp3) is 0.233. The third-order valence-corrected chi connectivity index (χ3v) is 7.70. The van der Waals surface area contributed by atoms with E-state index in [1.165, 1.54) is 15.9 Å². The summed E-state index contributed by atoms with van der Waals surface area (Å²) in [5, 5.41) is 7.36. The van der Waals surface area contributed by atoms with Gasteiger partial charge in [-0.2, -0.15) is 18.3 Å². The number of halogens is 3. The molecule has 0 bridgehead atoms. The van der Waals surface area contributed by atoms with Gasteiger partial charge in [-0.15, -0.1) is 0 Å². The van der Waals surface area contributed by atoms with E-state index in [2.05, 4.69) is 20.4 Å². The molecule has 1 fully saturated rings. The van der Waals surface area contributed by atoms with Crippen LogP contribution < -0.4 is 15.1 Å². The molecule has 2 aliphatic heterocycles. The van der Waals surface area contributed by atoms with Crippen LogP contribution in [0.2, 0.25) is 0 Å². The molecule has 5 aromatic rings. The van der Waals surface area contributed by atoms with E-state index in [1.807, 2.05) is 12.1 Å². The number of amides is 2. The van der Waals surface area contributed by atoms with Crippen LogP contribution in [-0.4, -0.2) is 68.9 Å². The molecule has 1 aromatic carbocycles. The van der Waals surface area contributed by atoms with E-state index in [9.17, 15) is 18.0 Å². The molecule has 1 N–H and O–H groups in total. The van der Waals surface area contributed by atoms with Crippen molar-refractivity contribution in [2.45, 2.75) is 12.7 Å². The van der Waals surface area contributed by atoms with E-state index in [0.29, 0.717) is 60.0 Å². The van der Waals surface area contributed by atoms with Gasteiger partial charge in [-0.1, -0.05) is 0 Å². The average Bonchev–Trinajstić information content (AvgIpc) is 3.57. The summed E-state index contributed by atoms with van der Waals surface area (Å²) in [6.45, 7) is 2.34. The van der Waals surface area contributed by atoms with Crippen LogP contribution in [0.3, 0.4) is 0 Å². The number of nitrogens with one attached hydrogen (secondary N) is 1. The predicted molar refractivity (Wildman–Crippen MR) is 155 cm³/mol. The van der Waals surface area contributed by atoms with Crippen LogP contribution in [0, 0.1) is 0 Å². The topological polar surface area (TPSA) is 95.3 Å². The summed E-state index contributed by atoms with van der Waals surface area (Å²) in [4.78, 5) is 32.1. The van der Waals surface area contributed by atoms with Gasteiger partial charge in [0.1, 0.15) is 5.52 Å². The molecule has 43 heavy (non-hydrogen) atoms. The van der Waals surface area contributed by atoms with Crippen LogP contribution in [0.1, 0.15) is 11.1 Å². The van der Waals surface area contributed by atoms with E-state index in [4.69, 9.17) is 4.98 Å². The Balaban J connectivity index is 1.35. The Labute approximate surface area is 244 Å². The lowest BCUT2D eigenvalue weighted by atomic mass is 10.0. The molecule has 0 unspecified atom stereocenters. The Hall–Kier alpha value is -5.04. The molecule has 218 valence electrons. The van der Waals surface area contributed by atoms with Gasteiger partial charge in [0.2, 0.25) is 0 Å². The predicted octanol–water partition coefficient (Wildman–Crippen LogP) is 5.01. The van der Waals surface area contributed by atoms with Crippen LogP contribution in [0.4, 0.5) is 35.0 Å². The van der Waals surface area contributed by atoms with E-state index >= 15 is 0 Å². The zero-order chi connectivity index (χ0) is 29.7. The number of carbonyl (C=O) groups is 1. The van der Waals surface area contributed by atoms with Crippen LogP contribution in [0.15, 0.2) is 73.3 Å². The zero-order valence-electron chi connectivity index (χ0n) is 23.1. The van der Waals surface area contributed by atoms with E-state index < -0.39 is 17.8 Å². The summed E-state index contributed by atoms with van der Waals surface area (Å²) in [5.74, 6) is 0.637. The van der Waals surface area contributed by atoms with Gasteiger partial charge in [-0.25, -0.2) is 19.4 Å². The average molecular weight is 586 g/mol. The highest BCUT2D eigenvalue weighted by molar-refractivity contribution is 6.08. The van der Waals surface area contributed by atoms with Gasteiger partial charge in [0.25, 0.3) is 0 Å². The molecule has 4 aromatic heterocycles. The van der Waals surface area contributed by atoms with Crippen molar-refractivity contribution in [3.8, 4) is 17.1 Å². The standard InChI is InChI=1S/C30H26F3N9O/c1-39-18-20-17-35-24-6-5-23(19-3-8-26(36-16-19)41-12-2-9-37-41)38-27(24)28(20)42(29(39)43)21-4-7-25(22(15-21)30(31,32)33)40-13-10-34-11-14-40/h2-9,12,15-17,34H,10-11,13-14,18H2,1H3. The molecule has 0 radical (unpaired) electrons. The number of aromatic nitrogens is 5. The van der Waals surface area contributed by atoms with Crippen molar-refractivity contribution in [2.75, 3.05) is 43.0 Å². The van der Waals surface area contributed by atoms with Crippen molar-refractivity contribution in [3.05, 3.63) is 84.4 Å². The van der Waals surface area contributed by atoms with Crippen molar-refractivity contribution < 1.29 is 18.0 Å². The number of nitrogens with zero attached hydrogens (tertiary/aromatic N) is 8. The van der Waals surface area contributed by atoms with E-state index in [0.717, 1.165) is 11.6 Å². The number of piperazine rings is 1. The fourth-order valence-electron chi connectivity index (χ4n) is 5.60. The van der Waals surface area contributed by atoms with Gasteiger partial charge < -0.3 is 15.1 Å². The Morgan fingerprint density at radius 2 is 1.81 bits per heavy atom. The lowest BCUT2D eigenvalue weighted by Crippen LogP contribution is -2.44. The Morgan fingerprint density at radius 1 is 0.977 bits per heavy atom. The molecule has 0 saturated carbocycles. The van der Waals surface area contributed by atoms with Gasteiger partial charge in [0.15, 0.2) is 5.82 Å². The summed E-state index contributed by atoms with van der Waals surface area (Å²) in [6, 6.07) is 12.7. The molecular weight excluding hydrogens is 559 g/mol. The number of benzene rings is 1. The highest BCUT2D eigenvalue weighted by Crippen LogP contribution is 2.44. The molecule has 6 heterocycles. The summed E-state index contributed by atoms with van der Waals surface area (Å²) < 4.78 is 45.0. The number of alkyl halides is 3. The monoisotopic (exact) mass is 585 g/mol. The van der Waals surface area contributed by atoms with Crippen molar-refractivity contribution in [1.82, 2.24) is 34.9 Å². The molecule has 2 aliphatic rings. The molecule has 0 spiro atoms. The normalized spacial score (nSPS) is 15.7. The second kappa shape index (κ2) is 10.3. The molecule has 2 amide bonds. The van der Waals surface area contributed by atoms with Crippen LogP contribution in [0.25, 0.3) is 28.1 Å². The molecule has 1 saturated heterocycles. The van der Waals surface area contributed by atoms with Crippen molar-refractivity contribution >= 4 is 34.1 Å². The number of pyridine rings is 3. The third-order valence-electron chi connectivity index (χ3n) is 7.70. The minimum Gasteiger partial charge on any atom is -0.368 e.